The normalized spacial score (nSPS) is 20.5. The Hall–Kier alpha value is -4.87. The zero-order valence-electron chi connectivity index (χ0n) is 31.0. The average Bonchev–Trinajstić information content (AvgIpc) is 3.81. The first-order valence-electron chi connectivity index (χ1n) is 18.9. The predicted molar refractivity (Wildman–Crippen MR) is 204 cm³/mol. The summed E-state index contributed by atoms with van der Waals surface area (Å²) in [5, 5.41) is 14.0. The number of aromatic nitrogens is 1. The minimum absolute atomic E-state index is 0.0348. The molecule has 3 fully saturated rings. The minimum Gasteiger partial charge on any atom is -0.444 e. The third-order valence-electron chi connectivity index (χ3n) is 10.5. The Morgan fingerprint density at radius 3 is 2.51 bits per heavy atom. The van der Waals surface area contributed by atoms with Gasteiger partial charge in [-0.05, 0) is 87.7 Å². The standard InChI is InChI=1S/C38H50N8O8S/c1-55(51,52)44-29(13-12-24-14-16-41-17-15-24)37(49)46-23-27(53-38(50)45-18-5-2-6-19-45)22-31(46)35(48)42-30(21-25-8-7-9-26(20-25)34(39)40)33(47)36-43-28-10-3-4-11-32(28)54-36/h3-4,7-11,20,24,27,29-31,41,44H,2,5-6,12-19,21-23H2,1H3,(H3,39,40)(H,42,48)/t27-,29-,30+,31+/m1/s1. The van der Waals surface area contributed by atoms with Gasteiger partial charge in [-0.3, -0.25) is 19.8 Å². The Balaban J connectivity index is 1.28. The first-order valence-corrected chi connectivity index (χ1v) is 20.8. The van der Waals surface area contributed by atoms with Crippen molar-refractivity contribution in [3.8, 4) is 0 Å². The van der Waals surface area contributed by atoms with Crippen molar-refractivity contribution in [1.29, 1.82) is 5.41 Å². The van der Waals surface area contributed by atoms with Gasteiger partial charge < -0.3 is 35.3 Å². The van der Waals surface area contributed by atoms with Crippen LogP contribution in [0.1, 0.15) is 73.2 Å². The number of benzene rings is 2. The molecule has 3 aliphatic heterocycles. The first kappa shape index (κ1) is 39.8. The summed E-state index contributed by atoms with van der Waals surface area (Å²) >= 11 is 0. The average molecular weight is 779 g/mol. The summed E-state index contributed by atoms with van der Waals surface area (Å²) < 4.78 is 39.3. The van der Waals surface area contributed by atoms with Crippen LogP contribution in [0.25, 0.3) is 11.1 Å². The first-order chi connectivity index (χ1) is 26.3. The number of hydrogen-bond acceptors (Lipinski definition) is 11. The van der Waals surface area contributed by atoms with E-state index in [9.17, 15) is 27.6 Å². The highest BCUT2D eigenvalue weighted by molar-refractivity contribution is 7.88. The second-order valence-electron chi connectivity index (χ2n) is 14.7. The maximum Gasteiger partial charge on any atom is 0.410 e. The number of piperidine rings is 2. The summed E-state index contributed by atoms with van der Waals surface area (Å²) in [5.41, 5.74) is 7.59. The molecule has 0 unspecified atom stereocenters. The highest BCUT2D eigenvalue weighted by Crippen LogP contribution is 2.27. The third kappa shape index (κ3) is 10.5. The quantitative estimate of drug-likeness (QED) is 0.0906. The number of carbonyl (C=O) groups excluding carboxylic acids is 4. The van der Waals surface area contributed by atoms with Gasteiger partial charge in [0, 0.05) is 31.5 Å². The largest absolute Gasteiger partial charge is 0.444 e. The minimum atomic E-state index is -3.84. The number of Topliss-reactive ketones (excluding diaryl/α,β-unsaturated/α-hetero) is 1. The van der Waals surface area contributed by atoms with Crippen LogP contribution in [0.3, 0.4) is 0 Å². The van der Waals surface area contributed by atoms with Crippen molar-refractivity contribution >= 4 is 50.6 Å². The zero-order chi connectivity index (χ0) is 39.1. The molecule has 0 saturated carbocycles. The Labute approximate surface area is 320 Å². The van der Waals surface area contributed by atoms with E-state index in [0.29, 0.717) is 47.7 Å². The molecule has 3 aromatic rings. The Bertz CT molecular complexity index is 1960. The third-order valence-corrected chi connectivity index (χ3v) is 11.2. The molecular formula is C38H50N8O8S. The van der Waals surface area contributed by atoms with Gasteiger partial charge in [0.1, 0.15) is 35.6 Å². The molecule has 0 aliphatic carbocycles. The fraction of sp³-hybridized carbons (Fsp3) is 0.526. The highest BCUT2D eigenvalue weighted by atomic mass is 32.2. The van der Waals surface area contributed by atoms with Gasteiger partial charge in [-0.1, -0.05) is 30.3 Å². The molecule has 0 bridgehead atoms. The summed E-state index contributed by atoms with van der Waals surface area (Å²) in [6, 6.07) is 9.97. The number of nitrogens with two attached hydrogens (primary N) is 1. The van der Waals surface area contributed by atoms with E-state index in [1.165, 1.54) is 4.90 Å². The van der Waals surface area contributed by atoms with Gasteiger partial charge in [-0.2, -0.15) is 0 Å². The molecule has 296 valence electrons. The molecule has 4 atom stereocenters. The van der Waals surface area contributed by atoms with E-state index in [1.54, 1.807) is 53.4 Å². The van der Waals surface area contributed by atoms with E-state index in [1.807, 2.05) is 0 Å². The van der Waals surface area contributed by atoms with E-state index in [0.717, 1.165) is 51.4 Å². The van der Waals surface area contributed by atoms with Crippen molar-refractivity contribution in [3.63, 3.8) is 0 Å². The number of amidine groups is 1. The molecule has 3 amide bonds. The van der Waals surface area contributed by atoms with E-state index in [4.69, 9.17) is 20.3 Å². The number of nitrogens with zero attached hydrogens (tertiary/aromatic N) is 3. The summed E-state index contributed by atoms with van der Waals surface area (Å²) in [5.74, 6) is -2.03. The van der Waals surface area contributed by atoms with Gasteiger partial charge in [0.05, 0.1) is 12.8 Å². The van der Waals surface area contributed by atoms with E-state index < -0.39 is 57.9 Å². The number of amides is 3. The lowest BCUT2D eigenvalue weighted by Gasteiger charge is -2.30. The fourth-order valence-electron chi connectivity index (χ4n) is 7.64. The van der Waals surface area contributed by atoms with Gasteiger partial charge in [0.2, 0.25) is 27.6 Å². The highest BCUT2D eigenvalue weighted by Gasteiger charge is 2.45. The number of nitrogen functional groups attached to an aromatic ring is 1. The van der Waals surface area contributed by atoms with Crippen molar-refractivity contribution in [2.75, 3.05) is 39.0 Å². The van der Waals surface area contributed by atoms with Crippen molar-refractivity contribution in [2.45, 2.75) is 82.0 Å². The molecular weight excluding hydrogens is 729 g/mol. The van der Waals surface area contributed by atoms with Gasteiger partial charge in [0.15, 0.2) is 5.58 Å². The van der Waals surface area contributed by atoms with Crippen molar-refractivity contribution in [1.82, 2.24) is 30.1 Å². The number of nitrogens with one attached hydrogen (secondary N) is 4. The SMILES string of the molecule is CS(=O)(=O)N[C@H](CCC1CCNCC1)C(=O)N1C[C@H](OC(=O)N2CCCCC2)C[C@H]1C(=O)N[C@@H](Cc1cccc(C(=N)N)c1)C(=O)c1nc2ccccc2o1. The predicted octanol–water partition coefficient (Wildman–Crippen LogP) is 2.31. The van der Waals surface area contributed by atoms with Gasteiger partial charge in [-0.25, -0.2) is 22.9 Å². The van der Waals surface area contributed by atoms with E-state index >= 15 is 0 Å². The molecule has 16 nitrogen and oxygen atoms in total. The maximum absolute atomic E-state index is 14.4. The van der Waals surface area contributed by atoms with Crippen LogP contribution < -0.4 is 21.1 Å². The van der Waals surface area contributed by atoms with Crippen LogP contribution in [0, 0.1) is 11.3 Å². The molecule has 6 N–H and O–H groups in total. The number of ether oxygens (including phenoxy) is 1. The Morgan fingerprint density at radius 2 is 1.80 bits per heavy atom. The Morgan fingerprint density at radius 1 is 1.05 bits per heavy atom. The van der Waals surface area contributed by atoms with Crippen LogP contribution in [0.4, 0.5) is 4.79 Å². The number of hydrogen-bond donors (Lipinski definition) is 5. The van der Waals surface area contributed by atoms with E-state index in [2.05, 4.69) is 20.3 Å². The number of para-hydroxylation sites is 2. The lowest BCUT2D eigenvalue weighted by atomic mass is 9.91. The molecule has 6 rings (SSSR count). The number of likely N-dealkylation sites (tertiary alicyclic amines) is 2. The summed E-state index contributed by atoms with van der Waals surface area (Å²) in [6.07, 6.45) is 4.77. The number of fused-ring (bicyclic) bond motifs is 1. The summed E-state index contributed by atoms with van der Waals surface area (Å²) in [4.78, 5) is 63.4. The number of carbonyl (C=O) groups is 4. The Kier molecular flexibility index (Phi) is 12.8. The number of oxazole rings is 1. The molecule has 17 heteroatoms. The van der Waals surface area contributed by atoms with Crippen molar-refractivity contribution in [2.24, 2.45) is 11.7 Å². The van der Waals surface area contributed by atoms with Crippen molar-refractivity contribution in [3.05, 3.63) is 65.5 Å². The molecule has 0 radical (unpaired) electrons. The van der Waals surface area contributed by atoms with Crippen LogP contribution in [0.5, 0.6) is 0 Å². The maximum atomic E-state index is 14.4. The zero-order valence-corrected chi connectivity index (χ0v) is 31.8. The van der Waals surface area contributed by atoms with Crippen molar-refractivity contribution < 1.29 is 36.7 Å². The molecule has 4 heterocycles. The summed E-state index contributed by atoms with van der Waals surface area (Å²) in [6.45, 7) is 2.61. The summed E-state index contributed by atoms with van der Waals surface area (Å²) in [7, 11) is -3.84. The topological polar surface area (TPSA) is 230 Å². The number of rotatable bonds is 14. The number of sulfonamides is 1. The van der Waals surface area contributed by atoms with Gasteiger partial charge >= 0.3 is 6.09 Å². The van der Waals surface area contributed by atoms with Crippen LogP contribution in [0.2, 0.25) is 0 Å². The van der Waals surface area contributed by atoms with Crippen LogP contribution >= 0.6 is 0 Å². The molecule has 3 aliphatic rings. The smallest absolute Gasteiger partial charge is 0.410 e. The monoisotopic (exact) mass is 778 g/mol. The van der Waals surface area contributed by atoms with Gasteiger partial charge in [-0.15, -0.1) is 0 Å². The second-order valence-corrected chi connectivity index (χ2v) is 16.5. The molecule has 1 aromatic heterocycles. The molecule has 2 aromatic carbocycles. The van der Waals surface area contributed by atoms with E-state index in [-0.39, 0.29) is 37.5 Å². The lowest BCUT2D eigenvalue weighted by molar-refractivity contribution is -0.140. The van der Waals surface area contributed by atoms with Crippen LogP contribution in [-0.4, -0.2) is 116 Å². The molecule has 55 heavy (non-hydrogen) atoms. The molecule has 3 saturated heterocycles. The number of ketones is 1. The van der Waals surface area contributed by atoms with Crippen LogP contribution in [0.15, 0.2) is 52.9 Å². The van der Waals surface area contributed by atoms with Crippen LogP contribution in [-0.2, 0) is 30.8 Å². The lowest BCUT2D eigenvalue weighted by Crippen LogP contribution is -2.55. The molecule has 0 spiro atoms. The second kappa shape index (κ2) is 17.7. The van der Waals surface area contributed by atoms with Gasteiger partial charge in [0.25, 0.3) is 5.89 Å². The fourth-order valence-corrected chi connectivity index (χ4v) is 8.37.